The van der Waals surface area contributed by atoms with E-state index >= 15 is 0 Å². The Morgan fingerprint density at radius 1 is 1.42 bits per heavy atom. The van der Waals surface area contributed by atoms with Crippen molar-refractivity contribution < 1.29 is 22.7 Å². The Morgan fingerprint density at radius 3 is 2.58 bits per heavy atom. The number of carbonyl (C=O) groups excluding carboxylic acids is 1. The van der Waals surface area contributed by atoms with Crippen LogP contribution in [0.4, 0.5) is 13.2 Å². The molecule has 1 heterocycles. The molecule has 1 aromatic rings. The molecule has 0 radical (unpaired) electrons. The van der Waals surface area contributed by atoms with Gasteiger partial charge in [0.05, 0.1) is 5.56 Å². The SMILES string of the molecule is CC(Oc1ccccc1C(F)(F)F)C(=O)N1CCC(C)(CN)C1.Cl. The first kappa shape index (κ1) is 20.6. The number of hydrogen-bond acceptors (Lipinski definition) is 3. The third kappa shape index (κ3) is 4.54. The van der Waals surface area contributed by atoms with Crippen LogP contribution in [-0.2, 0) is 11.0 Å². The molecule has 0 aliphatic carbocycles. The van der Waals surface area contributed by atoms with Crippen molar-refractivity contribution in [1.82, 2.24) is 4.90 Å². The highest BCUT2D eigenvalue weighted by atomic mass is 35.5. The summed E-state index contributed by atoms with van der Waals surface area (Å²) in [6, 6.07) is 4.90. The number of alkyl halides is 3. The molecule has 2 rings (SSSR count). The number of halogens is 4. The van der Waals surface area contributed by atoms with E-state index in [1.54, 1.807) is 4.90 Å². The van der Waals surface area contributed by atoms with Crippen molar-refractivity contribution in [1.29, 1.82) is 0 Å². The number of hydrogen-bond donors (Lipinski definition) is 1. The van der Waals surface area contributed by atoms with E-state index in [-0.39, 0.29) is 29.5 Å². The van der Waals surface area contributed by atoms with Crippen molar-refractivity contribution in [2.75, 3.05) is 19.6 Å². The minimum Gasteiger partial charge on any atom is -0.480 e. The molecule has 2 N–H and O–H groups in total. The molecule has 2 unspecified atom stereocenters. The van der Waals surface area contributed by atoms with E-state index in [2.05, 4.69) is 0 Å². The molecule has 1 amide bonds. The quantitative estimate of drug-likeness (QED) is 0.890. The van der Waals surface area contributed by atoms with Crippen molar-refractivity contribution in [3.63, 3.8) is 0 Å². The zero-order chi connectivity index (χ0) is 17.3. The van der Waals surface area contributed by atoms with Gasteiger partial charge in [-0.3, -0.25) is 4.79 Å². The highest BCUT2D eigenvalue weighted by Crippen LogP contribution is 2.36. The Balaban J connectivity index is 0.00000288. The van der Waals surface area contributed by atoms with Gasteiger partial charge in [0.1, 0.15) is 5.75 Å². The zero-order valence-electron chi connectivity index (χ0n) is 13.6. The molecule has 1 aliphatic rings. The predicted molar refractivity (Wildman–Crippen MR) is 87.1 cm³/mol. The number of carbonyl (C=O) groups is 1. The summed E-state index contributed by atoms with van der Waals surface area (Å²) < 4.78 is 44.2. The van der Waals surface area contributed by atoms with Crippen LogP contribution in [-0.4, -0.2) is 36.5 Å². The van der Waals surface area contributed by atoms with Crippen molar-refractivity contribution in [2.45, 2.75) is 32.5 Å². The Bertz CT molecular complexity index is 583. The van der Waals surface area contributed by atoms with Crippen molar-refractivity contribution in [2.24, 2.45) is 11.1 Å². The molecule has 0 saturated carbocycles. The Labute approximate surface area is 145 Å². The lowest BCUT2D eigenvalue weighted by Gasteiger charge is -2.25. The molecule has 1 fully saturated rings. The van der Waals surface area contributed by atoms with Gasteiger partial charge in [-0.1, -0.05) is 19.1 Å². The van der Waals surface area contributed by atoms with Crippen LogP contribution in [0.5, 0.6) is 5.75 Å². The molecule has 136 valence electrons. The summed E-state index contributed by atoms with van der Waals surface area (Å²) in [5.41, 5.74) is 4.68. The summed E-state index contributed by atoms with van der Waals surface area (Å²) >= 11 is 0. The van der Waals surface area contributed by atoms with Gasteiger partial charge in [0.2, 0.25) is 0 Å². The minimum atomic E-state index is -4.52. The summed E-state index contributed by atoms with van der Waals surface area (Å²) in [7, 11) is 0. The van der Waals surface area contributed by atoms with E-state index in [0.29, 0.717) is 19.6 Å². The maximum atomic E-state index is 13.0. The van der Waals surface area contributed by atoms with Gasteiger partial charge in [-0.05, 0) is 37.4 Å². The minimum absolute atomic E-state index is 0. The van der Waals surface area contributed by atoms with Gasteiger partial charge in [-0.15, -0.1) is 12.4 Å². The van der Waals surface area contributed by atoms with E-state index in [9.17, 15) is 18.0 Å². The van der Waals surface area contributed by atoms with Gasteiger partial charge in [0, 0.05) is 13.1 Å². The smallest absolute Gasteiger partial charge is 0.419 e. The summed E-state index contributed by atoms with van der Waals surface area (Å²) in [5.74, 6) is -0.652. The highest BCUT2D eigenvalue weighted by molar-refractivity contribution is 5.85. The second-order valence-electron chi connectivity index (χ2n) is 6.28. The third-order valence-electron chi connectivity index (χ3n) is 4.21. The Morgan fingerprint density at radius 2 is 2.04 bits per heavy atom. The fourth-order valence-electron chi connectivity index (χ4n) is 2.68. The molecule has 1 aliphatic heterocycles. The number of nitrogens with zero attached hydrogens (tertiary/aromatic N) is 1. The topological polar surface area (TPSA) is 55.6 Å². The van der Waals surface area contributed by atoms with Gasteiger partial charge >= 0.3 is 6.18 Å². The second kappa shape index (κ2) is 7.61. The van der Waals surface area contributed by atoms with Crippen molar-refractivity contribution >= 4 is 18.3 Å². The Kier molecular flexibility index (Phi) is 6.52. The second-order valence-corrected chi connectivity index (χ2v) is 6.28. The van der Waals surface area contributed by atoms with Crippen molar-refractivity contribution in [3.8, 4) is 5.75 Å². The van der Waals surface area contributed by atoms with Crippen molar-refractivity contribution in [3.05, 3.63) is 29.8 Å². The molecule has 1 aromatic carbocycles. The predicted octanol–water partition coefficient (Wildman–Crippen LogP) is 3.09. The van der Waals surface area contributed by atoms with Crippen LogP contribution >= 0.6 is 12.4 Å². The molecule has 2 atom stereocenters. The van der Waals surface area contributed by atoms with Crippen LogP contribution < -0.4 is 10.5 Å². The number of nitrogens with two attached hydrogens (primary N) is 1. The van der Waals surface area contributed by atoms with Crippen LogP contribution in [0.15, 0.2) is 24.3 Å². The first-order chi connectivity index (χ1) is 10.7. The van der Waals surface area contributed by atoms with Crippen LogP contribution in [0.3, 0.4) is 0 Å². The van der Waals surface area contributed by atoms with E-state index < -0.39 is 17.8 Å². The molecule has 4 nitrogen and oxygen atoms in total. The summed E-state index contributed by atoms with van der Waals surface area (Å²) in [6.45, 7) is 4.96. The maximum Gasteiger partial charge on any atom is 0.419 e. The molecule has 8 heteroatoms. The Hall–Kier alpha value is -1.47. The highest BCUT2D eigenvalue weighted by Gasteiger charge is 2.38. The summed E-state index contributed by atoms with van der Waals surface area (Å²) in [4.78, 5) is 14.0. The molecule has 1 saturated heterocycles. The van der Waals surface area contributed by atoms with E-state index in [1.807, 2.05) is 6.92 Å². The largest absolute Gasteiger partial charge is 0.480 e. The molecule has 0 spiro atoms. The molecular weight excluding hydrogens is 345 g/mol. The fourth-order valence-corrected chi connectivity index (χ4v) is 2.68. The average Bonchev–Trinajstić information content (AvgIpc) is 2.89. The fraction of sp³-hybridized carbons (Fsp3) is 0.562. The monoisotopic (exact) mass is 366 g/mol. The molecular formula is C16H22ClF3N2O2. The maximum absolute atomic E-state index is 13.0. The number of benzene rings is 1. The molecule has 0 aromatic heterocycles. The number of amides is 1. The van der Waals surface area contributed by atoms with Crippen LogP contribution in [0, 0.1) is 5.41 Å². The van der Waals surface area contributed by atoms with Gasteiger partial charge in [0.25, 0.3) is 5.91 Å². The number of para-hydroxylation sites is 1. The average molecular weight is 367 g/mol. The van der Waals surface area contributed by atoms with Crippen LogP contribution in [0.2, 0.25) is 0 Å². The lowest BCUT2D eigenvalue weighted by molar-refractivity contribution is -0.143. The zero-order valence-corrected chi connectivity index (χ0v) is 14.4. The normalized spacial score (nSPS) is 22.0. The summed E-state index contributed by atoms with van der Waals surface area (Å²) in [6.07, 6.45) is -4.73. The van der Waals surface area contributed by atoms with Gasteiger partial charge in [-0.25, -0.2) is 0 Å². The first-order valence-corrected chi connectivity index (χ1v) is 7.48. The van der Waals surface area contributed by atoms with Gasteiger partial charge in [-0.2, -0.15) is 13.2 Å². The molecule has 24 heavy (non-hydrogen) atoms. The lowest BCUT2D eigenvalue weighted by Crippen LogP contribution is -2.41. The number of ether oxygens (including phenoxy) is 1. The summed E-state index contributed by atoms with van der Waals surface area (Å²) in [5, 5.41) is 0. The first-order valence-electron chi connectivity index (χ1n) is 7.48. The molecule has 0 bridgehead atoms. The number of likely N-dealkylation sites (tertiary alicyclic amines) is 1. The van der Waals surface area contributed by atoms with Gasteiger partial charge in [0.15, 0.2) is 6.10 Å². The van der Waals surface area contributed by atoms with E-state index in [1.165, 1.54) is 25.1 Å². The number of rotatable bonds is 4. The van der Waals surface area contributed by atoms with E-state index in [4.69, 9.17) is 10.5 Å². The van der Waals surface area contributed by atoms with Crippen LogP contribution in [0.1, 0.15) is 25.8 Å². The van der Waals surface area contributed by atoms with E-state index in [0.717, 1.165) is 12.5 Å². The van der Waals surface area contributed by atoms with Gasteiger partial charge < -0.3 is 15.4 Å². The lowest BCUT2D eigenvalue weighted by atomic mass is 9.90. The van der Waals surface area contributed by atoms with Crippen LogP contribution in [0.25, 0.3) is 0 Å². The standard InChI is InChI=1S/C16H21F3N2O2.ClH/c1-11(14(22)21-8-7-15(2,9-20)10-21)23-13-6-4-3-5-12(13)16(17,18)19;/h3-6,11H,7-10,20H2,1-2H3;1H. The third-order valence-corrected chi connectivity index (χ3v) is 4.21.